The number of anilines is 1. The van der Waals surface area contributed by atoms with Crippen molar-refractivity contribution in [3.8, 4) is 0 Å². The van der Waals surface area contributed by atoms with Crippen molar-refractivity contribution in [1.29, 1.82) is 0 Å². The zero-order chi connectivity index (χ0) is 17.2. The van der Waals surface area contributed by atoms with E-state index in [4.69, 9.17) is 0 Å². The van der Waals surface area contributed by atoms with E-state index in [9.17, 15) is 17.6 Å². The molecule has 0 atom stereocenters. The standard InChI is InChI=1S/C18H14FNO3S/c19-16-7-3-4-8-17(16)20-18(21)12-24(22,23)15-10-9-13-5-1-2-6-14(13)11-15/h1-11H,12H2,(H,20,21). The van der Waals surface area contributed by atoms with Gasteiger partial charge in [-0.2, -0.15) is 0 Å². The second kappa shape index (κ2) is 6.41. The molecule has 122 valence electrons. The monoisotopic (exact) mass is 343 g/mol. The Morgan fingerprint density at radius 2 is 1.58 bits per heavy atom. The molecule has 3 aromatic rings. The number of amides is 1. The van der Waals surface area contributed by atoms with Crippen molar-refractivity contribution in [1.82, 2.24) is 0 Å². The summed E-state index contributed by atoms with van der Waals surface area (Å²) >= 11 is 0. The van der Waals surface area contributed by atoms with Crippen LogP contribution in [0.1, 0.15) is 0 Å². The number of hydrogen-bond acceptors (Lipinski definition) is 3. The SMILES string of the molecule is O=C(CS(=O)(=O)c1ccc2ccccc2c1)Nc1ccccc1F. The minimum Gasteiger partial charge on any atom is -0.323 e. The zero-order valence-electron chi connectivity index (χ0n) is 12.6. The number of nitrogens with one attached hydrogen (secondary N) is 1. The Labute approximate surface area is 138 Å². The Kier molecular flexibility index (Phi) is 4.31. The topological polar surface area (TPSA) is 63.2 Å². The van der Waals surface area contributed by atoms with E-state index in [1.807, 2.05) is 18.2 Å². The summed E-state index contributed by atoms with van der Waals surface area (Å²) < 4.78 is 38.3. The Bertz CT molecular complexity index is 1020. The molecule has 0 radical (unpaired) electrons. The number of halogens is 1. The van der Waals surface area contributed by atoms with E-state index in [1.54, 1.807) is 18.2 Å². The minimum atomic E-state index is -3.82. The maximum Gasteiger partial charge on any atom is 0.240 e. The second-order valence-corrected chi connectivity index (χ2v) is 7.29. The van der Waals surface area contributed by atoms with Gasteiger partial charge < -0.3 is 5.32 Å². The molecule has 3 aromatic carbocycles. The zero-order valence-corrected chi connectivity index (χ0v) is 13.4. The van der Waals surface area contributed by atoms with Crippen molar-refractivity contribution in [3.05, 3.63) is 72.5 Å². The first-order valence-corrected chi connectivity index (χ1v) is 8.87. The molecule has 0 bridgehead atoms. The molecule has 3 rings (SSSR count). The summed E-state index contributed by atoms with van der Waals surface area (Å²) in [5.74, 6) is -2.15. The van der Waals surface area contributed by atoms with Gasteiger partial charge >= 0.3 is 0 Å². The van der Waals surface area contributed by atoms with Crippen LogP contribution in [0.15, 0.2) is 71.6 Å². The van der Waals surface area contributed by atoms with Crippen LogP contribution >= 0.6 is 0 Å². The first-order chi connectivity index (χ1) is 11.5. The molecule has 0 fully saturated rings. The molecule has 24 heavy (non-hydrogen) atoms. The van der Waals surface area contributed by atoms with Gasteiger partial charge in [-0.15, -0.1) is 0 Å². The average Bonchev–Trinajstić information content (AvgIpc) is 2.56. The summed E-state index contributed by atoms with van der Waals surface area (Å²) in [4.78, 5) is 12.0. The Hall–Kier alpha value is -2.73. The van der Waals surface area contributed by atoms with Crippen LogP contribution in [0.5, 0.6) is 0 Å². The second-order valence-electron chi connectivity index (χ2n) is 5.30. The number of fused-ring (bicyclic) bond motifs is 1. The van der Waals surface area contributed by atoms with E-state index < -0.39 is 27.3 Å². The quantitative estimate of drug-likeness (QED) is 0.790. The van der Waals surface area contributed by atoms with Crippen molar-refractivity contribution in [3.63, 3.8) is 0 Å². The van der Waals surface area contributed by atoms with E-state index in [0.717, 1.165) is 10.8 Å². The molecule has 0 aromatic heterocycles. The van der Waals surface area contributed by atoms with Gasteiger partial charge in [0.05, 0.1) is 10.6 Å². The van der Waals surface area contributed by atoms with Gasteiger partial charge in [-0.3, -0.25) is 4.79 Å². The summed E-state index contributed by atoms with van der Waals surface area (Å²) in [5.41, 5.74) is -0.0452. The van der Waals surface area contributed by atoms with E-state index in [0.29, 0.717) is 0 Å². The number of sulfone groups is 1. The van der Waals surface area contributed by atoms with Crippen molar-refractivity contribution >= 4 is 32.2 Å². The number of para-hydroxylation sites is 1. The predicted molar refractivity (Wildman–Crippen MR) is 91.0 cm³/mol. The van der Waals surface area contributed by atoms with Gasteiger partial charge in [0, 0.05) is 0 Å². The Balaban J connectivity index is 1.82. The Morgan fingerprint density at radius 3 is 2.33 bits per heavy atom. The first kappa shape index (κ1) is 16.1. The molecule has 0 heterocycles. The van der Waals surface area contributed by atoms with Gasteiger partial charge in [-0.25, -0.2) is 12.8 Å². The van der Waals surface area contributed by atoms with Crippen molar-refractivity contribution in [2.24, 2.45) is 0 Å². The molecule has 6 heteroatoms. The highest BCUT2D eigenvalue weighted by atomic mass is 32.2. The van der Waals surface area contributed by atoms with Crippen LogP contribution in [-0.4, -0.2) is 20.1 Å². The molecule has 0 unspecified atom stereocenters. The third kappa shape index (κ3) is 3.44. The van der Waals surface area contributed by atoms with Gasteiger partial charge in [0.15, 0.2) is 9.84 Å². The van der Waals surface area contributed by atoms with Crippen molar-refractivity contribution < 1.29 is 17.6 Å². The van der Waals surface area contributed by atoms with E-state index >= 15 is 0 Å². The number of rotatable bonds is 4. The number of hydrogen-bond donors (Lipinski definition) is 1. The average molecular weight is 343 g/mol. The molecule has 0 saturated heterocycles. The number of carbonyl (C=O) groups is 1. The van der Waals surface area contributed by atoms with E-state index in [2.05, 4.69) is 5.32 Å². The van der Waals surface area contributed by atoms with Gasteiger partial charge in [-0.1, -0.05) is 42.5 Å². The maximum absolute atomic E-state index is 13.5. The normalized spacial score (nSPS) is 11.4. The van der Waals surface area contributed by atoms with Crippen LogP contribution in [-0.2, 0) is 14.6 Å². The smallest absolute Gasteiger partial charge is 0.240 e. The number of benzene rings is 3. The van der Waals surface area contributed by atoms with Crippen LogP contribution in [0.3, 0.4) is 0 Å². The molecule has 0 aliphatic rings. The van der Waals surface area contributed by atoms with Crippen LogP contribution in [0.25, 0.3) is 10.8 Å². The van der Waals surface area contributed by atoms with Gasteiger partial charge in [0.2, 0.25) is 5.91 Å². The lowest BCUT2D eigenvalue weighted by atomic mass is 10.1. The molecule has 0 aliphatic heterocycles. The molecule has 0 aliphatic carbocycles. The minimum absolute atomic E-state index is 0.0452. The molecule has 0 saturated carbocycles. The van der Waals surface area contributed by atoms with Crippen LogP contribution in [0.4, 0.5) is 10.1 Å². The molecule has 4 nitrogen and oxygen atoms in total. The first-order valence-electron chi connectivity index (χ1n) is 7.22. The summed E-state index contributed by atoms with van der Waals surface area (Å²) in [6.07, 6.45) is 0. The van der Waals surface area contributed by atoms with Gasteiger partial charge in [0.1, 0.15) is 11.6 Å². The highest BCUT2D eigenvalue weighted by Gasteiger charge is 2.20. The summed E-state index contributed by atoms with van der Waals surface area (Å²) in [5, 5.41) is 3.96. The Morgan fingerprint density at radius 1 is 0.917 bits per heavy atom. The van der Waals surface area contributed by atoms with Gasteiger partial charge in [0.25, 0.3) is 0 Å². The maximum atomic E-state index is 13.5. The molecule has 0 spiro atoms. The molecule has 1 amide bonds. The van der Waals surface area contributed by atoms with E-state index in [1.165, 1.54) is 30.3 Å². The van der Waals surface area contributed by atoms with Gasteiger partial charge in [-0.05, 0) is 35.0 Å². The van der Waals surface area contributed by atoms with Crippen molar-refractivity contribution in [2.75, 3.05) is 11.1 Å². The highest BCUT2D eigenvalue weighted by molar-refractivity contribution is 7.92. The fourth-order valence-corrected chi connectivity index (χ4v) is 3.53. The van der Waals surface area contributed by atoms with Crippen LogP contribution in [0, 0.1) is 5.82 Å². The summed E-state index contributed by atoms with van der Waals surface area (Å²) in [7, 11) is -3.82. The summed E-state index contributed by atoms with van der Waals surface area (Å²) in [6.45, 7) is 0. The lowest BCUT2D eigenvalue weighted by Crippen LogP contribution is -2.23. The van der Waals surface area contributed by atoms with E-state index in [-0.39, 0.29) is 10.6 Å². The van der Waals surface area contributed by atoms with Crippen LogP contribution in [0.2, 0.25) is 0 Å². The van der Waals surface area contributed by atoms with Crippen LogP contribution < -0.4 is 5.32 Å². The predicted octanol–water partition coefficient (Wildman–Crippen LogP) is 3.39. The fourth-order valence-electron chi connectivity index (χ4n) is 2.37. The third-order valence-corrected chi connectivity index (χ3v) is 5.16. The fraction of sp³-hybridized carbons (Fsp3) is 0.0556. The lowest BCUT2D eigenvalue weighted by Gasteiger charge is -2.08. The number of carbonyl (C=O) groups excluding carboxylic acids is 1. The molecular formula is C18H14FNO3S. The summed E-state index contributed by atoms with van der Waals surface area (Å²) in [6, 6.07) is 17.6. The lowest BCUT2D eigenvalue weighted by molar-refractivity contribution is -0.113. The molecular weight excluding hydrogens is 329 g/mol. The third-order valence-electron chi connectivity index (χ3n) is 3.55. The molecule has 1 N–H and O–H groups in total. The largest absolute Gasteiger partial charge is 0.323 e. The highest BCUT2D eigenvalue weighted by Crippen LogP contribution is 2.20. The van der Waals surface area contributed by atoms with Crippen molar-refractivity contribution in [2.45, 2.75) is 4.90 Å².